The number of aromatic nitrogens is 1. The number of nitrogens with zero attached hydrogens (tertiary/aromatic N) is 1. The number of pyridine rings is 1. The van der Waals surface area contributed by atoms with E-state index in [0.717, 1.165) is 33.4 Å². The van der Waals surface area contributed by atoms with Crippen LogP contribution in [0.1, 0.15) is 40.8 Å². The Balaban J connectivity index is 1.76. The maximum atomic E-state index is 13.0. The van der Waals surface area contributed by atoms with Gasteiger partial charge in [0, 0.05) is 35.6 Å². The number of hydrogen-bond acceptors (Lipinski definition) is 2. The molecule has 3 aromatic rings. The van der Waals surface area contributed by atoms with E-state index in [1.807, 2.05) is 6.07 Å². The van der Waals surface area contributed by atoms with E-state index in [1.54, 1.807) is 25.3 Å². The van der Waals surface area contributed by atoms with Gasteiger partial charge in [-0.3, -0.25) is 0 Å². The fourth-order valence-electron chi connectivity index (χ4n) is 3.94. The average molecular weight is 408 g/mol. The van der Waals surface area contributed by atoms with Gasteiger partial charge in [-0.05, 0) is 48.2 Å². The third kappa shape index (κ3) is 3.31. The zero-order chi connectivity index (χ0) is 20.1. The van der Waals surface area contributed by atoms with Crippen molar-refractivity contribution in [1.82, 2.24) is 0 Å². The van der Waals surface area contributed by atoms with E-state index >= 15 is 0 Å². The first kappa shape index (κ1) is 19.0. The summed E-state index contributed by atoms with van der Waals surface area (Å²) in [4.78, 5) is 0. The lowest BCUT2D eigenvalue weighted by Crippen LogP contribution is -2.38. The summed E-state index contributed by atoms with van der Waals surface area (Å²) in [5.41, 5.74) is 1.97. The molecule has 0 bridgehead atoms. The minimum atomic E-state index is -4.37. The van der Waals surface area contributed by atoms with Crippen molar-refractivity contribution in [3.8, 4) is 0 Å². The van der Waals surface area contributed by atoms with Crippen LogP contribution >= 0.6 is 11.6 Å². The second kappa shape index (κ2) is 6.94. The zero-order valence-electron chi connectivity index (χ0n) is 15.0. The van der Waals surface area contributed by atoms with Crippen LogP contribution in [-0.2, 0) is 17.3 Å². The Kier molecular flexibility index (Phi) is 4.71. The molecule has 28 heavy (non-hydrogen) atoms. The van der Waals surface area contributed by atoms with Gasteiger partial charge in [0.1, 0.15) is 0 Å². The fraction of sp³-hybridized carbons (Fsp3) is 0.286. The highest BCUT2D eigenvalue weighted by molar-refractivity contribution is 6.31. The van der Waals surface area contributed by atoms with Crippen molar-refractivity contribution in [1.29, 1.82) is 0 Å². The predicted octanol–water partition coefficient (Wildman–Crippen LogP) is 5.56. The highest BCUT2D eigenvalue weighted by Gasteiger charge is 2.35. The highest BCUT2D eigenvalue weighted by Crippen LogP contribution is 2.41. The van der Waals surface area contributed by atoms with E-state index in [2.05, 4.69) is 0 Å². The number of hydrogen-bond donors (Lipinski definition) is 0. The van der Waals surface area contributed by atoms with Gasteiger partial charge in [-0.2, -0.15) is 17.9 Å². The van der Waals surface area contributed by atoms with Crippen LogP contribution in [0.15, 0.2) is 48.5 Å². The van der Waals surface area contributed by atoms with Crippen LogP contribution in [0.5, 0.6) is 0 Å². The number of ether oxygens (including phenoxy) is 1. The molecule has 1 heterocycles. The minimum absolute atomic E-state index is 0.107. The van der Waals surface area contributed by atoms with Gasteiger partial charge in [-0.15, -0.1) is 0 Å². The van der Waals surface area contributed by atoms with Gasteiger partial charge in [0.15, 0.2) is 5.69 Å². The van der Waals surface area contributed by atoms with E-state index in [9.17, 15) is 18.4 Å². The Morgan fingerprint density at radius 2 is 1.82 bits per heavy atom. The van der Waals surface area contributed by atoms with Gasteiger partial charge < -0.3 is 9.94 Å². The van der Waals surface area contributed by atoms with Gasteiger partial charge in [0.05, 0.1) is 11.7 Å². The van der Waals surface area contributed by atoms with E-state index in [-0.39, 0.29) is 12.0 Å². The van der Waals surface area contributed by atoms with Crippen molar-refractivity contribution in [2.24, 2.45) is 0 Å². The third-order valence-electron chi connectivity index (χ3n) is 5.38. The number of fused-ring (bicyclic) bond motifs is 2. The van der Waals surface area contributed by atoms with Crippen molar-refractivity contribution in [2.75, 3.05) is 7.11 Å². The molecule has 2 aromatic carbocycles. The summed E-state index contributed by atoms with van der Waals surface area (Å²) in [6, 6.07) is 12.1. The molecule has 2 unspecified atom stereocenters. The Bertz CT molecular complexity index is 1030. The smallest absolute Gasteiger partial charge is 0.416 e. The maximum absolute atomic E-state index is 13.0. The molecule has 0 saturated heterocycles. The molecule has 0 fully saturated rings. The number of benzene rings is 2. The molecule has 1 aromatic heterocycles. The summed E-state index contributed by atoms with van der Waals surface area (Å²) in [6.07, 6.45) is -3.67. The lowest BCUT2D eigenvalue weighted by Gasteiger charge is -2.30. The Labute approximate surface area is 164 Å². The number of rotatable bonds is 2. The minimum Gasteiger partial charge on any atom is -0.618 e. The van der Waals surface area contributed by atoms with E-state index < -0.39 is 11.7 Å². The first-order valence-electron chi connectivity index (χ1n) is 8.82. The second-order valence-electron chi connectivity index (χ2n) is 7.02. The number of alkyl halides is 3. The van der Waals surface area contributed by atoms with Gasteiger partial charge in [0.25, 0.3) is 0 Å². The molecule has 0 spiro atoms. The summed E-state index contributed by atoms with van der Waals surface area (Å²) in [6.45, 7) is 0. The van der Waals surface area contributed by atoms with Gasteiger partial charge in [0.2, 0.25) is 5.52 Å². The predicted molar refractivity (Wildman–Crippen MR) is 100 cm³/mol. The highest BCUT2D eigenvalue weighted by atomic mass is 35.5. The monoisotopic (exact) mass is 407 g/mol. The third-order valence-corrected chi connectivity index (χ3v) is 5.61. The molecular weight excluding hydrogens is 391 g/mol. The molecule has 1 aliphatic carbocycles. The van der Waals surface area contributed by atoms with E-state index in [0.29, 0.717) is 29.1 Å². The Morgan fingerprint density at radius 3 is 2.46 bits per heavy atom. The normalized spacial score (nSPS) is 19.6. The zero-order valence-corrected chi connectivity index (χ0v) is 15.7. The molecule has 3 nitrogen and oxygen atoms in total. The molecule has 146 valence electrons. The lowest BCUT2D eigenvalue weighted by atomic mass is 9.80. The number of methoxy groups -OCH3 is 1. The molecule has 1 aliphatic rings. The van der Waals surface area contributed by atoms with Crippen LogP contribution < -0.4 is 4.73 Å². The number of halogens is 4. The fourth-order valence-corrected chi connectivity index (χ4v) is 4.12. The van der Waals surface area contributed by atoms with Crippen LogP contribution in [0.2, 0.25) is 5.02 Å². The Morgan fingerprint density at radius 1 is 1.11 bits per heavy atom. The first-order valence-corrected chi connectivity index (χ1v) is 9.20. The van der Waals surface area contributed by atoms with E-state index in [4.69, 9.17) is 16.3 Å². The summed E-state index contributed by atoms with van der Waals surface area (Å²) in [7, 11) is 1.57. The molecule has 0 saturated carbocycles. The summed E-state index contributed by atoms with van der Waals surface area (Å²) >= 11 is 6.05. The van der Waals surface area contributed by atoms with Crippen molar-refractivity contribution < 1.29 is 22.6 Å². The van der Waals surface area contributed by atoms with Gasteiger partial charge >= 0.3 is 6.18 Å². The van der Waals surface area contributed by atoms with Crippen LogP contribution in [0, 0.1) is 5.21 Å². The maximum Gasteiger partial charge on any atom is 0.416 e. The van der Waals surface area contributed by atoms with Crippen LogP contribution in [-0.4, -0.2) is 7.11 Å². The molecule has 0 radical (unpaired) electrons. The summed E-state index contributed by atoms with van der Waals surface area (Å²) in [5, 5.41) is 14.3. The molecule has 0 amide bonds. The topological polar surface area (TPSA) is 36.2 Å². The molecular formula is C21H17ClF3NO2. The largest absolute Gasteiger partial charge is 0.618 e. The van der Waals surface area contributed by atoms with Crippen LogP contribution in [0.3, 0.4) is 0 Å². The quantitative estimate of drug-likeness (QED) is 0.411. The molecule has 2 atom stereocenters. The van der Waals surface area contributed by atoms with Gasteiger partial charge in [-0.25, -0.2) is 0 Å². The summed E-state index contributed by atoms with van der Waals surface area (Å²) < 4.78 is 45.0. The molecule has 4 rings (SSSR count). The van der Waals surface area contributed by atoms with Crippen LogP contribution in [0.25, 0.3) is 10.9 Å². The Hall–Kier alpha value is -2.31. The average Bonchev–Trinajstić information content (AvgIpc) is 2.67. The molecule has 0 N–H and O–H groups in total. The van der Waals surface area contributed by atoms with Crippen molar-refractivity contribution in [2.45, 2.75) is 31.0 Å². The summed E-state index contributed by atoms with van der Waals surface area (Å²) in [5.74, 6) is -0.107. The van der Waals surface area contributed by atoms with Crippen molar-refractivity contribution in [3.05, 3.63) is 81.1 Å². The van der Waals surface area contributed by atoms with Gasteiger partial charge in [-0.1, -0.05) is 23.7 Å². The van der Waals surface area contributed by atoms with Crippen LogP contribution in [0.4, 0.5) is 13.2 Å². The second-order valence-corrected chi connectivity index (χ2v) is 7.46. The molecule has 0 aliphatic heterocycles. The first-order chi connectivity index (χ1) is 13.3. The van der Waals surface area contributed by atoms with E-state index in [1.165, 1.54) is 12.1 Å². The standard InChI is InChI=1S/C21H17ClF3NO2/c1-28-20-11-13(12-2-4-15(5-3-12)21(23,24)25)10-19-17(20)9-14-8-16(22)6-7-18(14)26(19)27/h2-9,13,20H,10-11H2,1H3. The molecule has 7 heteroatoms. The lowest BCUT2D eigenvalue weighted by molar-refractivity contribution is -0.587. The van der Waals surface area contributed by atoms with Crippen molar-refractivity contribution >= 4 is 22.5 Å². The SMILES string of the molecule is COC1CC(c2ccc(C(F)(F)F)cc2)Cc2c1cc1cc(Cl)ccc1[n+]2[O-]. The van der Waals surface area contributed by atoms with Crippen molar-refractivity contribution in [3.63, 3.8) is 0 Å².